The number of nitrogens with one attached hydrogen (secondary N) is 1. The smallest absolute Gasteiger partial charge is 0.131 e. The zero-order valence-electron chi connectivity index (χ0n) is 11.1. The molecule has 3 heterocycles. The topological polar surface area (TPSA) is 42.7 Å². The Bertz CT molecular complexity index is 717. The summed E-state index contributed by atoms with van der Waals surface area (Å²) in [5.74, 6) is 0.919. The Morgan fingerprint density at radius 1 is 1.38 bits per heavy atom. The first-order valence-electron chi connectivity index (χ1n) is 6.87. The van der Waals surface area contributed by atoms with E-state index in [9.17, 15) is 0 Å². The molecule has 7 heteroatoms. The Morgan fingerprint density at radius 2 is 2.24 bits per heavy atom. The number of aromatic nitrogens is 3. The predicted molar refractivity (Wildman–Crippen MR) is 87.2 cm³/mol. The molecule has 1 spiro atoms. The van der Waals surface area contributed by atoms with Gasteiger partial charge in [0.2, 0.25) is 0 Å². The lowest BCUT2D eigenvalue weighted by molar-refractivity contribution is 0.418. The maximum absolute atomic E-state index is 6.54. The van der Waals surface area contributed by atoms with Crippen molar-refractivity contribution in [2.75, 3.05) is 11.9 Å². The molecular weight excluding hydrogens is 375 g/mol. The van der Waals surface area contributed by atoms with E-state index >= 15 is 0 Å². The molecule has 2 atom stereocenters. The van der Waals surface area contributed by atoms with E-state index in [2.05, 4.69) is 31.3 Å². The number of nitrogens with zero attached hydrogens (tertiary/aromatic N) is 3. The van der Waals surface area contributed by atoms with Crippen LogP contribution < -0.4 is 5.32 Å². The standard InChI is InChI=1S/C14H13BrCl2N4/c15-10-5-18-13-11(12(10)17)14(7-19-13)2-1-9(3-14)21-6-8(16)4-20-21/h4-6,9H,1-3,7H2,(H,18,19)/t9-,14-/m0/s1. The molecule has 1 N–H and O–H groups in total. The van der Waals surface area contributed by atoms with Crippen LogP contribution in [0.1, 0.15) is 30.9 Å². The predicted octanol–water partition coefficient (Wildman–Crippen LogP) is 4.44. The monoisotopic (exact) mass is 386 g/mol. The summed E-state index contributed by atoms with van der Waals surface area (Å²) in [4.78, 5) is 4.45. The SMILES string of the molecule is Clc1cnn([C@H]2CC[C@@]3(CNc4ncc(Br)c(Cl)c43)C2)c1. The van der Waals surface area contributed by atoms with Gasteiger partial charge in [-0.2, -0.15) is 5.10 Å². The highest BCUT2D eigenvalue weighted by atomic mass is 79.9. The quantitative estimate of drug-likeness (QED) is 0.786. The van der Waals surface area contributed by atoms with Gasteiger partial charge in [-0.25, -0.2) is 4.98 Å². The van der Waals surface area contributed by atoms with Gasteiger partial charge in [-0.15, -0.1) is 0 Å². The number of pyridine rings is 1. The van der Waals surface area contributed by atoms with Crippen molar-refractivity contribution in [1.29, 1.82) is 0 Å². The van der Waals surface area contributed by atoms with Crippen LogP contribution in [-0.2, 0) is 5.41 Å². The molecule has 1 fully saturated rings. The Kier molecular flexibility index (Phi) is 3.21. The lowest BCUT2D eigenvalue weighted by atomic mass is 9.81. The highest BCUT2D eigenvalue weighted by Gasteiger charge is 2.48. The maximum atomic E-state index is 6.54. The van der Waals surface area contributed by atoms with Crippen molar-refractivity contribution in [1.82, 2.24) is 14.8 Å². The van der Waals surface area contributed by atoms with Gasteiger partial charge in [-0.05, 0) is 35.2 Å². The minimum atomic E-state index is 0.0479. The van der Waals surface area contributed by atoms with Crippen molar-refractivity contribution in [2.45, 2.75) is 30.7 Å². The second-order valence-corrected chi connectivity index (χ2v) is 7.48. The van der Waals surface area contributed by atoms with E-state index < -0.39 is 0 Å². The van der Waals surface area contributed by atoms with Crippen LogP contribution in [0.2, 0.25) is 10.0 Å². The van der Waals surface area contributed by atoms with Gasteiger partial charge < -0.3 is 5.32 Å². The van der Waals surface area contributed by atoms with Crippen LogP contribution in [0.5, 0.6) is 0 Å². The number of hydrogen-bond acceptors (Lipinski definition) is 3. The van der Waals surface area contributed by atoms with E-state index in [1.54, 1.807) is 12.4 Å². The number of anilines is 1. The molecule has 21 heavy (non-hydrogen) atoms. The Balaban J connectivity index is 1.72. The highest BCUT2D eigenvalue weighted by Crippen LogP contribution is 2.54. The molecule has 0 amide bonds. The van der Waals surface area contributed by atoms with Gasteiger partial charge in [0.15, 0.2) is 0 Å². The number of fused-ring (bicyclic) bond motifs is 2. The van der Waals surface area contributed by atoms with Crippen LogP contribution in [0, 0.1) is 0 Å². The molecule has 110 valence electrons. The first-order valence-corrected chi connectivity index (χ1v) is 8.42. The van der Waals surface area contributed by atoms with E-state index in [1.807, 2.05) is 10.9 Å². The molecule has 1 saturated carbocycles. The fourth-order valence-electron chi connectivity index (χ4n) is 3.65. The average molecular weight is 388 g/mol. The molecule has 0 radical (unpaired) electrons. The lowest BCUT2D eigenvalue weighted by Crippen LogP contribution is -2.25. The molecular formula is C14H13BrCl2N4. The third kappa shape index (κ3) is 2.09. The van der Waals surface area contributed by atoms with Gasteiger partial charge in [-0.3, -0.25) is 4.68 Å². The summed E-state index contributed by atoms with van der Waals surface area (Å²) in [5, 5.41) is 9.23. The van der Waals surface area contributed by atoms with Crippen molar-refractivity contribution >= 4 is 44.9 Å². The maximum Gasteiger partial charge on any atom is 0.131 e. The molecule has 4 rings (SSSR count). The molecule has 0 saturated heterocycles. The van der Waals surface area contributed by atoms with E-state index in [0.717, 1.165) is 46.7 Å². The molecule has 4 nitrogen and oxygen atoms in total. The van der Waals surface area contributed by atoms with E-state index in [4.69, 9.17) is 23.2 Å². The molecule has 0 bridgehead atoms. The normalized spacial score (nSPS) is 27.1. The Labute approximate surface area is 141 Å². The Morgan fingerprint density at radius 3 is 3.00 bits per heavy atom. The van der Waals surface area contributed by atoms with Crippen molar-refractivity contribution < 1.29 is 0 Å². The van der Waals surface area contributed by atoms with Gasteiger partial charge in [0.1, 0.15) is 5.82 Å². The van der Waals surface area contributed by atoms with Crippen molar-refractivity contribution in [3.05, 3.63) is 38.7 Å². The largest absolute Gasteiger partial charge is 0.369 e. The van der Waals surface area contributed by atoms with Crippen molar-refractivity contribution in [2.24, 2.45) is 0 Å². The number of rotatable bonds is 1. The molecule has 2 aromatic heterocycles. The fraction of sp³-hybridized carbons (Fsp3) is 0.429. The second kappa shape index (κ2) is 4.86. The molecule has 1 aliphatic heterocycles. The number of hydrogen-bond donors (Lipinski definition) is 1. The Hall–Kier alpha value is -0.780. The summed E-state index contributed by atoms with van der Waals surface area (Å²) in [6.07, 6.45) is 8.50. The van der Waals surface area contributed by atoms with Gasteiger partial charge in [0.25, 0.3) is 0 Å². The van der Waals surface area contributed by atoms with Crippen LogP contribution in [0.25, 0.3) is 0 Å². The van der Waals surface area contributed by atoms with Crippen LogP contribution in [0.3, 0.4) is 0 Å². The van der Waals surface area contributed by atoms with Gasteiger partial charge in [0, 0.05) is 29.9 Å². The van der Waals surface area contributed by atoms with Crippen LogP contribution in [-0.4, -0.2) is 21.3 Å². The zero-order valence-corrected chi connectivity index (χ0v) is 14.2. The summed E-state index contributed by atoms with van der Waals surface area (Å²) in [5.41, 5.74) is 1.20. The van der Waals surface area contributed by atoms with E-state index in [-0.39, 0.29) is 5.41 Å². The summed E-state index contributed by atoms with van der Waals surface area (Å²) in [6, 6.07) is 0.361. The van der Waals surface area contributed by atoms with Crippen LogP contribution in [0.15, 0.2) is 23.1 Å². The van der Waals surface area contributed by atoms with E-state index in [1.165, 1.54) is 0 Å². The summed E-state index contributed by atoms with van der Waals surface area (Å²) in [7, 11) is 0. The third-order valence-electron chi connectivity index (χ3n) is 4.62. The van der Waals surface area contributed by atoms with Gasteiger partial charge >= 0.3 is 0 Å². The fourth-order valence-corrected chi connectivity index (χ4v) is 4.43. The lowest BCUT2D eigenvalue weighted by Gasteiger charge is -2.24. The van der Waals surface area contributed by atoms with Crippen LogP contribution >= 0.6 is 39.1 Å². The first kappa shape index (κ1) is 13.9. The molecule has 1 aliphatic carbocycles. The highest BCUT2D eigenvalue weighted by molar-refractivity contribution is 9.10. The summed E-state index contributed by atoms with van der Waals surface area (Å²) in [6.45, 7) is 0.886. The average Bonchev–Trinajstić information content (AvgIpc) is 3.15. The molecule has 2 aliphatic rings. The van der Waals surface area contributed by atoms with Crippen molar-refractivity contribution in [3.63, 3.8) is 0 Å². The molecule has 0 aromatic carbocycles. The van der Waals surface area contributed by atoms with E-state index in [0.29, 0.717) is 11.1 Å². The van der Waals surface area contributed by atoms with Gasteiger partial charge in [0.05, 0.1) is 26.8 Å². The minimum absolute atomic E-state index is 0.0479. The second-order valence-electron chi connectivity index (χ2n) is 5.81. The third-order valence-corrected chi connectivity index (χ3v) is 6.04. The minimum Gasteiger partial charge on any atom is -0.369 e. The zero-order chi connectivity index (χ0) is 14.6. The number of halogens is 3. The summed E-state index contributed by atoms with van der Waals surface area (Å²) >= 11 is 16.0. The van der Waals surface area contributed by atoms with Crippen LogP contribution in [0.4, 0.5) is 5.82 Å². The first-order chi connectivity index (χ1) is 10.1. The molecule has 2 aromatic rings. The summed E-state index contributed by atoms with van der Waals surface area (Å²) < 4.78 is 2.84. The van der Waals surface area contributed by atoms with Crippen molar-refractivity contribution in [3.8, 4) is 0 Å². The molecule has 0 unspecified atom stereocenters. The van der Waals surface area contributed by atoms with Gasteiger partial charge in [-0.1, -0.05) is 23.2 Å².